The van der Waals surface area contributed by atoms with Crippen LogP contribution in [0.4, 0.5) is 0 Å². The maximum Gasteiger partial charge on any atom is 0.211 e. The van der Waals surface area contributed by atoms with E-state index >= 15 is 0 Å². The van der Waals surface area contributed by atoms with Crippen LogP contribution in [0, 0.1) is 0 Å². The van der Waals surface area contributed by atoms with E-state index in [0.717, 1.165) is 17.9 Å². The number of allylic oxidation sites excluding steroid dienone is 1. The number of rotatable bonds is 4. The zero-order valence-corrected chi connectivity index (χ0v) is 11.5. The fourth-order valence-electron chi connectivity index (χ4n) is 2.47. The SMILES string of the molecule is COC1=C(CCN2CCCCC2)SC(C)C1=O. The van der Waals surface area contributed by atoms with Crippen molar-refractivity contribution in [1.82, 2.24) is 4.90 Å². The van der Waals surface area contributed by atoms with Gasteiger partial charge < -0.3 is 9.64 Å². The number of carbonyl (C=O) groups excluding carboxylic acids is 1. The molecule has 3 nitrogen and oxygen atoms in total. The van der Waals surface area contributed by atoms with Gasteiger partial charge >= 0.3 is 0 Å². The molecule has 96 valence electrons. The molecule has 2 heterocycles. The molecule has 0 saturated carbocycles. The molecule has 0 amide bonds. The molecule has 0 N–H and O–H groups in total. The zero-order valence-electron chi connectivity index (χ0n) is 10.7. The Morgan fingerprint density at radius 3 is 2.71 bits per heavy atom. The van der Waals surface area contributed by atoms with Crippen molar-refractivity contribution in [2.24, 2.45) is 0 Å². The summed E-state index contributed by atoms with van der Waals surface area (Å²) in [4.78, 5) is 15.4. The smallest absolute Gasteiger partial charge is 0.211 e. The van der Waals surface area contributed by atoms with E-state index in [2.05, 4.69) is 4.90 Å². The minimum absolute atomic E-state index is 0.0429. The Balaban J connectivity index is 1.89. The highest BCUT2D eigenvalue weighted by Gasteiger charge is 2.31. The Morgan fingerprint density at radius 2 is 2.06 bits per heavy atom. The summed E-state index contributed by atoms with van der Waals surface area (Å²) in [5.74, 6) is 0.769. The number of piperidine rings is 1. The molecule has 1 saturated heterocycles. The first-order chi connectivity index (χ1) is 8.22. The number of hydrogen-bond donors (Lipinski definition) is 0. The van der Waals surface area contributed by atoms with Crippen molar-refractivity contribution >= 4 is 17.5 Å². The number of ether oxygens (including phenoxy) is 1. The van der Waals surface area contributed by atoms with Gasteiger partial charge in [0.2, 0.25) is 5.78 Å². The van der Waals surface area contributed by atoms with E-state index in [-0.39, 0.29) is 11.0 Å². The first kappa shape index (κ1) is 13.0. The summed E-state index contributed by atoms with van der Waals surface area (Å²) in [5.41, 5.74) is 0. The van der Waals surface area contributed by atoms with Gasteiger partial charge in [-0.2, -0.15) is 0 Å². The second-order valence-corrected chi connectivity index (χ2v) is 6.17. The Bertz CT molecular complexity index is 321. The minimum atomic E-state index is 0.0429. The molecule has 1 fully saturated rings. The van der Waals surface area contributed by atoms with Crippen molar-refractivity contribution in [3.63, 3.8) is 0 Å². The second-order valence-electron chi connectivity index (χ2n) is 4.73. The van der Waals surface area contributed by atoms with Crippen LogP contribution < -0.4 is 0 Å². The van der Waals surface area contributed by atoms with Crippen LogP contribution in [0.15, 0.2) is 10.7 Å². The molecular weight excluding hydrogens is 234 g/mol. The van der Waals surface area contributed by atoms with Gasteiger partial charge in [-0.25, -0.2) is 0 Å². The fourth-order valence-corrected chi connectivity index (χ4v) is 3.61. The highest BCUT2D eigenvalue weighted by Crippen LogP contribution is 2.37. The van der Waals surface area contributed by atoms with Crippen LogP contribution in [0.2, 0.25) is 0 Å². The van der Waals surface area contributed by atoms with Crippen molar-refractivity contribution in [1.29, 1.82) is 0 Å². The van der Waals surface area contributed by atoms with Gasteiger partial charge in [0.15, 0.2) is 5.76 Å². The zero-order chi connectivity index (χ0) is 12.3. The van der Waals surface area contributed by atoms with Crippen LogP contribution in [0.1, 0.15) is 32.6 Å². The number of hydrogen-bond acceptors (Lipinski definition) is 4. The Morgan fingerprint density at radius 1 is 1.35 bits per heavy atom. The maximum absolute atomic E-state index is 11.8. The second kappa shape index (κ2) is 5.91. The molecule has 2 aliphatic heterocycles. The average Bonchev–Trinajstić information content (AvgIpc) is 2.63. The lowest BCUT2D eigenvalue weighted by atomic mass is 10.1. The van der Waals surface area contributed by atoms with Crippen LogP contribution in [-0.4, -0.2) is 42.7 Å². The predicted octanol–water partition coefficient (Wildman–Crippen LogP) is 2.42. The third-order valence-electron chi connectivity index (χ3n) is 3.47. The molecule has 17 heavy (non-hydrogen) atoms. The number of ketones is 1. The lowest BCUT2D eigenvalue weighted by molar-refractivity contribution is -0.117. The molecule has 0 radical (unpaired) electrons. The monoisotopic (exact) mass is 255 g/mol. The summed E-state index contributed by atoms with van der Waals surface area (Å²) in [6.45, 7) is 5.45. The number of nitrogens with zero attached hydrogens (tertiary/aromatic N) is 1. The average molecular weight is 255 g/mol. The van der Waals surface area contributed by atoms with Gasteiger partial charge in [0, 0.05) is 11.4 Å². The van der Waals surface area contributed by atoms with Gasteiger partial charge in [0.25, 0.3) is 0 Å². The molecule has 0 aromatic heterocycles. The van der Waals surface area contributed by atoms with E-state index in [1.165, 1.54) is 32.4 Å². The van der Waals surface area contributed by atoms with Crippen molar-refractivity contribution in [3.05, 3.63) is 10.7 Å². The highest BCUT2D eigenvalue weighted by atomic mass is 32.2. The number of likely N-dealkylation sites (tertiary alicyclic amines) is 1. The van der Waals surface area contributed by atoms with Crippen molar-refractivity contribution in [2.75, 3.05) is 26.7 Å². The Hall–Kier alpha value is -0.480. The highest BCUT2D eigenvalue weighted by molar-refractivity contribution is 8.04. The van der Waals surface area contributed by atoms with E-state index in [4.69, 9.17) is 4.74 Å². The molecule has 0 aromatic rings. The lowest BCUT2D eigenvalue weighted by Crippen LogP contribution is -2.30. The third-order valence-corrected chi connectivity index (χ3v) is 4.71. The first-order valence-corrected chi connectivity index (χ1v) is 7.30. The fraction of sp³-hybridized carbons (Fsp3) is 0.769. The summed E-state index contributed by atoms with van der Waals surface area (Å²) >= 11 is 1.67. The van der Waals surface area contributed by atoms with Crippen molar-refractivity contribution in [3.8, 4) is 0 Å². The standard InChI is InChI=1S/C13H21NO2S/c1-10-12(15)13(16-2)11(17-10)6-9-14-7-4-3-5-8-14/h10H,3-9H2,1-2H3. The quantitative estimate of drug-likeness (QED) is 0.771. The van der Waals surface area contributed by atoms with E-state index in [1.807, 2.05) is 6.92 Å². The normalized spacial score (nSPS) is 26.7. The van der Waals surface area contributed by atoms with E-state index in [0.29, 0.717) is 5.76 Å². The van der Waals surface area contributed by atoms with Crippen LogP contribution in [0.5, 0.6) is 0 Å². The Kier molecular flexibility index (Phi) is 4.51. The van der Waals surface area contributed by atoms with Gasteiger partial charge in [0.05, 0.1) is 12.4 Å². The molecule has 4 heteroatoms. The Labute approximate surface area is 108 Å². The van der Waals surface area contributed by atoms with Crippen LogP contribution in [-0.2, 0) is 9.53 Å². The van der Waals surface area contributed by atoms with Gasteiger partial charge in [0.1, 0.15) is 0 Å². The van der Waals surface area contributed by atoms with E-state index in [9.17, 15) is 4.79 Å². The summed E-state index contributed by atoms with van der Waals surface area (Å²) in [6, 6.07) is 0. The number of thioether (sulfide) groups is 1. The summed E-state index contributed by atoms with van der Waals surface area (Å²) < 4.78 is 5.24. The summed E-state index contributed by atoms with van der Waals surface area (Å²) in [6.07, 6.45) is 4.97. The molecule has 2 aliphatic rings. The largest absolute Gasteiger partial charge is 0.492 e. The lowest BCUT2D eigenvalue weighted by Gasteiger charge is -2.26. The van der Waals surface area contributed by atoms with Crippen LogP contribution in [0.3, 0.4) is 0 Å². The van der Waals surface area contributed by atoms with Gasteiger partial charge in [-0.15, -0.1) is 11.8 Å². The molecule has 1 unspecified atom stereocenters. The molecule has 1 atom stereocenters. The van der Waals surface area contributed by atoms with E-state index in [1.54, 1.807) is 18.9 Å². The molecule has 0 aromatic carbocycles. The van der Waals surface area contributed by atoms with Gasteiger partial charge in [-0.3, -0.25) is 4.79 Å². The molecular formula is C13H21NO2S. The molecule has 0 spiro atoms. The number of methoxy groups -OCH3 is 1. The minimum Gasteiger partial charge on any atom is -0.492 e. The van der Waals surface area contributed by atoms with Gasteiger partial charge in [-0.1, -0.05) is 6.42 Å². The van der Waals surface area contributed by atoms with Crippen molar-refractivity contribution < 1.29 is 9.53 Å². The first-order valence-electron chi connectivity index (χ1n) is 6.42. The maximum atomic E-state index is 11.8. The van der Waals surface area contributed by atoms with Crippen LogP contribution in [0.25, 0.3) is 0 Å². The van der Waals surface area contributed by atoms with Crippen LogP contribution >= 0.6 is 11.8 Å². The summed E-state index contributed by atoms with van der Waals surface area (Å²) in [7, 11) is 1.60. The molecule has 2 rings (SSSR count). The van der Waals surface area contributed by atoms with E-state index < -0.39 is 0 Å². The van der Waals surface area contributed by atoms with Crippen molar-refractivity contribution in [2.45, 2.75) is 37.9 Å². The summed E-state index contributed by atoms with van der Waals surface area (Å²) in [5, 5.41) is 0.0429. The molecule has 0 bridgehead atoms. The number of carbonyl (C=O) groups is 1. The van der Waals surface area contributed by atoms with Gasteiger partial charge in [-0.05, 0) is 39.3 Å². The topological polar surface area (TPSA) is 29.5 Å². The predicted molar refractivity (Wildman–Crippen MR) is 71.0 cm³/mol. The third kappa shape index (κ3) is 3.05. The molecule has 0 aliphatic carbocycles. The number of Topliss-reactive ketones (excluding diaryl/α,β-unsaturated/α-hetero) is 1.